The van der Waals surface area contributed by atoms with Crippen molar-refractivity contribution < 1.29 is 9.18 Å². The lowest BCUT2D eigenvalue weighted by molar-refractivity contribution is -0.116. The maximum absolute atomic E-state index is 13.2. The van der Waals surface area contributed by atoms with Crippen LogP contribution >= 0.6 is 0 Å². The van der Waals surface area contributed by atoms with E-state index in [1.54, 1.807) is 22.7 Å². The Bertz CT molecular complexity index is 1020. The molecule has 3 heterocycles. The van der Waals surface area contributed by atoms with E-state index in [1.807, 2.05) is 19.1 Å². The number of aryl methyl sites for hydroxylation is 1. The van der Waals surface area contributed by atoms with Gasteiger partial charge in [-0.2, -0.15) is 4.98 Å². The maximum Gasteiger partial charge on any atom is 0.279 e. The maximum atomic E-state index is 13.2. The molecule has 0 radical (unpaired) electrons. The second-order valence-corrected chi connectivity index (χ2v) is 5.92. The molecule has 1 atom stereocenters. The number of anilines is 1. The molecule has 1 amide bonds. The zero-order chi connectivity index (χ0) is 16.8. The third-order valence-electron chi connectivity index (χ3n) is 4.36. The molecule has 6 heteroatoms. The Morgan fingerprint density at radius 2 is 1.96 bits per heavy atom. The van der Waals surface area contributed by atoms with E-state index in [4.69, 9.17) is 0 Å². The summed E-state index contributed by atoms with van der Waals surface area (Å²) >= 11 is 0. The Kier molecular flexibility index (Phi) is 3.19. The predicted molar refractivity (Wildman–Crippen MR) is 87.7 cm³/mol. The van der Waals surface area contributed by atoms with Gasteiger partial charge in [0.2, 0.25) is 5.91 Å². The number of pyridine rings is 1. The Morgan fingerprint density at radius 1 is 1.21 bits per heavy atom. The third-order valence-corrected chi connectivity index (χ3v) is 4.36. The van der Waals surface area contributed by atoms with Crippen LogP contribution < -0.4 is 10.9 Å². The lowest BCUT2D eigenvalue weighted by Crippen LogP contribution is -2.32. The Balaban J connectivity index is 2.02. The minimum atomic E-state index is -0.438. The number of nitrogens with zero attached hydrogens (tertiary/aromatic N) is 2. The van der Waals surface area contributed by atoms with Gasteiger partial charge in [0.05, 0.1) is 5.56 Å². The molecule has 5 nitrogen and oxygen atoms in total. The van der Waals surface area contributed by atoms with E-state index in [2.05, 4.69) is 10.3 Å². The summed E-state index contributed by atoms with van der Waals surface area (Å²) in [6.45, 7) is 1.86. The highest BCUT2D eigenvalue weighted by atomic mass is 19.1. The third kappa shape index (κ3) is 2.19. The van der Waals surface area contributed by atoms with Crippen molar-refractivity contribution >= 4 is 17.4 Å². The SMILES string of the molecule is Cc1cccn2c3c(c(=O)nc12)[C@H](c1ccc(F)cc1)CC(=O)N3. The largest absolute Gasteiger partial charge is 0.311 e. The molecule has 0 saturated heterocycles. The molecular formula is C18H14FN3O2. The van der Waals surface area contributed by atoms with Crippen LogP contribution in [0.4, 0.5) is 10.2 Å². The van der Waals surface area contributed by atoms with Gasteiger partial charge < -0.3 is 5.32 Å². The quantitative estimate of drug-likeness (QED) is 0.749. The van der Waals surface area contributed by atoms with Gasteiger partial charge in [0.25, 0.3) is 5.56 Å². The number of hydrogen-bond donors (Lipinski definition) is 1. The molecule has 3 aromatic rings. The highest BCUT2D eigenvalue weighted by Gasteiger charge is 2.31. The first-order valence-electron chi connectivity index (χ1n) is 7.62. The van der Waals surface area contributed by atoms with Gasteiger partial charge >= 0.3 is 0 Å². The van der Waals surface area contributed by atoms with Crippen LogP contribution in [0.2, 0.25) is 0 Å². The predicted octanol–water partition coefficient (Wildman–Crippen LogP) is 2.62. The Hall–Kier alpha value is -3.02. The van der Waals surface area contributed by atoms with Crippen LogP contribution in [0.1, 0.15) is 29.0 Å². The van der Waals surface area contributed by atoms with E-state index in [0.717, 1.165) is 11.1 Å². The fourth-order valence-electron chi connectivity index (χ4n) is 3.21. The van der Waals surface area contributed by atoms with Gasteiger partial charge in [-0.05, 0) is 36.2 Å². The van der Waals surface area contributed by atoms with E-state index in [9.17, 15) is 14.0 Å². The number of aromatic nitrogens is 2. The molecular weight excluding hydrogens is 309 g/mol. The topological polar surface area (TPSA) is 63.5 Å². The van der Waals surface area contributed by atoms with Crippen molar-refractivity contribution in [2.24, 2.45) is 0 Å². The van der Waals surface area contributed by atoms with Crippen molar-refractivity contribution in [3.63, 3.8) is 0 Å². The summed E-state index contributed by atoms with van der Waals surface area (Å²) in [5.41, 5.74) is 2.15. The fourth-order valence-corrected chi connectivity index (χ4v) is 3.21. The van der Waals surface area contributed by atoms with Crippen LogP contribution in [0.5, 0.6) is 0 Å². The van der Waals surface area contributed by atoms with Crippen LogP contribution in [0, 0.1) is 12.7 Å². The molecule has 0 unspecified atom stereocenters. The molecule has 1 N–H and O–H groups in total. The Morgan fingerprint density at radius 3 is 2.71 bits per heavy atom. The highest BCUT2D eigenvalue weighted by Crippen LogP contribution is 2.35. The van der Waals surface area contributed by atoms with Crippen molar-refractivity contribution in [2.75, 3.05) is 5.32 Å². The number of hydrogen-bond acceptors (Lipinski definition) is 3. The smallest absolute Gasteiger partial charge is 0.279 e. The first-order chi connectivity index (χ1) is 11.5. The Labute approximate surface area is 136 Å². The number of halogens is 1. The molecule has 1 aliphatic heterocycles. The molecule has 2 aromatic heterocycles. The number of carbonyl (C=O) groups excluding carboxylic acids is 1. The number of rotatable bonds is 1. The van der Waals surface area contributed by atoms with Crippen LogP contribution in [0.25, 0.3) is 5.65 Å². The summed E-state index contributed by atoms with van der Waals surface area (Å²) in [6.07, 6.45) is 1.90. The lowest BCUT2D eigenvalue weighted by Gasteiger charge is -2.26. The summed E-state index contributed by atoms with van der Waals surface area (Å²) in [6, 6.07) is 9.56. The number of benzene rings is 1. The van der Waals surface area contributed by atoms with Gasteiger partial charge in [0.1, 0.15) is 17.3 Å². The summed E-state index contributed by atoms with van der Waals surface area (Å²) in [7, 11) is 0. The highest BCUT2D eigenvalue weighted by molar-refractivity contribution is 5.94. The van der Waals surface area contributed by atoms with E-state index in [1.165, 1.54) is 12.1 Å². The van der Waals surface area contributed by atoms with Crippen LogP contribution in [0.15, 0.2) is 47.4 Å². The fraction of sp³-hybridized carbons (Fsp3) is 0.167. The molecule has 1 aliphatic rings. The summed E-state index contributed by atoms with van der Waals surface area (Å²) < 4.78 is 14.9. The van der Waals surface area contributed by atoms with Gasteiger partial charge in [-0.1, -0.05) is 18.2 Å². The molecule has 0 aliphatic carbocycles. The summed E-state index contributed by atoms with van der Waals surface area (Å²) in [5.74, 6) is -0.535. The monoisotopic (exact) mass is 323 g/mol. The van der Waals surface area contributed by atoms with Crippen molar-refractivity contribution in [1.29, 1.82) is 0 Å². The van der Waals surface area contributed by atoms with Crippen molar-refractivity contribution in [2.45, 2.75) is 19.3 Å². The standard InChI is InChI=1S/C18H14FN3O2/c1-10-3-2-8-22-16(10)21-18(24)15-13(9-14(23)20-17(15)22)11-4-6-12(19)7-5-11/h2-8,13H,9H2,1H3,(H,20,23)/t13-/m0/s1. The van der Waals surface area contributed by atoms with Gasteiger partial charge in [-0.3, -0.25) is 14.0 Å². The zero-order valence-corrected chi connectivity index (χ0v) is 12.9. The second-order valence-electron chi connectivity index (χ2n) is 5.92. The average Bonchev–Trinajstić information content (AvgIpc) is 2.56. The number of carbonyl (C=O) groups is 1. The average molecular weight is 323 g/mol. The van der Waals surface area contributed by atoms with Gasteiger partial charge in [0.15, 0.2) is 0 Å². The van der Waals surface area contributed by atoms with E-state index in [-0.39, 0.29) is 23.7 Å². The molecule has 0 fully saturated rings. The van der Waals surface area contributed by atoms with Crippen molar-refractivity contribution in [3.05, 3.63) is 75.5 Å². The second kappa shape index (κ2) is 5.26. The van der Waals surface area contributed by atoms with Gasteiger partial charge in [0, 0.05) is 18.5 Å². The first kappa shape index (κ1) is 14.6. The molecule has 24 heavy (non-hydrogen) atoms. The van der Waals surface area contributed by atoms with Gasteiger partial charge in [-0.25, -0.2) is 4.39 Å². The van der Waals surface area contributed by atoms with E-state index >= 15 is 0 Å². The zero-order valence-electron chi connectivity index (χ0n) is 12.9. The van der Waals surface area contributed by atoms with Gasteiger partial charge in [-0.15, -0.1) is 0 Å². The summed E-state index contributed by atoms with van der Waals surface area (Å²) in [5, 5.41) is 2.79. The summed E-state index contributed by atoms with van der Waals surface area (Å²) in [4.78, 5) is 29.0. The number of nitrogens with one attached hydrogen (secondary N) is 1. The van der Waals surface area contributed by atoms with Crippen LogP contribution in [0.3, 0.4) is 0 Å². The number of amides is 1. The minimum Gasteiger partial charge on any atom is -0.311 e. The molecule has 120 valence electrons. The van der Waals surface area contributed by atoms with E-state index < -0.39 is 5.92 Å². The van der Waals surface area contributed by atoms with Crippen LogP contribution in [-0.4, -0.2) is 15.3 Å². The molecule has 4 rings (SSSR count). The van der Waals surface area contributed by atoms with Crippen molar-refractivity contribution in [3.8, 4) is 0 Å². The van der Waals surface area contributed by atoms with Crippen LogP contribution in [-0.2, 0) is 4.79 Å². The molecule has 1 aromatic carbocycles. The minimum absolute atomic E-state index is 0.132. The molecule has 0 spiro atoms. The van der Waals surface area contributed by atoms with E-state index in [0.29, 0.717) is 17.0 Å². The molecule has 0 saturated carbocycles. The van der Waals surface area contributed by atoms with Crippen molar-refractivity contribution in [1.82, 2.24) is 9.38 Å². The first-order valence-corrected chi connectivity index (χ1v) is 7.62. The molecule has 0 bridgehead atoms. The lowest BCUT2D eigenvalue weighted by atomic mass is 9.86. The number of fused-ring (bicyclic) bond motifs is 3. The normalized spacial score (nSPS) is 16.8.